The van der Waals surface area contributed by atoms with Crippen LogP contribution in [0.1, 0.15) is 11.4 Å². The Balaban J connectivity index is 0.000000336. The predicted octanol–water partition coefficient (Wildman–Crippen LogP) is 1.96. The van der Waals surface area contributed by atoms with Gasteiger partial charge in [0.25, 0.3) is 5.95 Å². The van der Waals surface area contributed by atoms with Crippen LogP contribution >= 0.6 is 0 Å². The lowest BCUT2D eigenvalue weighted by atomic mass is 10.3. The van der Waals surface area contributed by atoms with Gasteiger partial charge in [0, 0.05) is 6.92 Å². The van der Waals surface area contributed by atoms with Crippen LogP contribution in [-0.4, -0.2) is 12.2 Å². The van der Waals surface area contributed by atoms with Crippen molar-refractivity contribution in [1.29, 1.82) is 0 Å². The highest BCUT2D eigenvalue weighted by atomic mass is 19.5. The molecule has 0 radical (unpaired) electrons. The molecule has 0 aliphatic heterocycles. The minimum absolute atomic E-state index is 0.387. The van der Waals surface area contributed by atoms with Crippen molar-refractivity contribution < 1.29 is 26.2 Å². The molecule has 0 aromatic carbocycles. The zero-order chi connectivity index (χ0) is 12.2. The maximum atomic E-state index is 12.7. The van der Waals surface area contributed by atoms with Crippen molar-refractivity contribution in [2.75, 3.05) is 0 Å². The Morgan fingerprint density at radius 3 is 1.93 bits per heavy atom. The first-order chi connectivity index (χ1) is 6.61. The van der Waals surface area contributed by atoms with Crippen molar-refractivity contribution in [3.05, 3.63) is 23.5 Å². The Kier molecular flexibility index (Phi) is 4.63. The highest BCUT2D eigenvalue weighted by Crippen LogP contribution is 2.06. The van der Waals surface area contributed by atoms with Gasteiger partial charge in [0.15, 0.2) is 6.20 Å². The van der Waals surface area contributed by atoms with Gasteiger partial charge in [-0.2, -0.15) is 8.96 Å². The van der Waals surface area contributed by atoms with Crippen LogP contribution in [0.15, 0.2) is 6.20 Å². The minimum Gasteiger partial charge on any atom is -0.418 e. The standard InChI is InChI=1S/C7H10FN2.BF4/c1-5-4-10(3)6(2)7(8)9-5;2-1(3,4)5/h4H,1-3H3;/q+1;-1. The highest BCUT2D eigenvalue weighted by molar-refractivity contribution is 6.50. The molecule has 1 rings (SSSR count). The average molecular weight is 228 g/mol. The number of hydrogen-bond donors (Lipinski definition) is 0. The Bertz CT molecular complexity index is 310. The second-order valence-electron chi connectivity index (χ2n) is 2.86. The third-order valence-corrected chi connectivity index (χ3v) is 1.48. The molecule has 0 atom stereocenters. The summed E-state index contributed by atoms with van der Waals surface area (Å²) in [6.45, 7) is 3.46. The number of halogens is 5. The summed E-state index contributed by atoms with van der Waals surface area (Å²) < 4.78 is 53.4. The van der Waals surface area contributed by atoms with Crippen LogP contribution in [0.2, 0.25) is 0 Å². The van der Waals surface area contributed by atoms with Crippen LogP contribution in [0, 0.1) is 19.8 Å². The van der Waals surface area contributed by atoms with Gasteiger partial charge in [-0.1, -0.05) is 0 Å². The zero-order valence-electron chi connectivity index (χ0n) is 8.44. The molecule has 0 saturated carbocycles. The third kappa shape index (κ3) is 6.81. The van der Waals surface area contributed by atoms with Crippen molar-refractivity contribution in [3.63, 3.8) is 0 Å². The smallest absolute Gasteiger partial charge is 0.418 e. The third-order valence-electron chi connectivity index (χ3n) is 1.48. The minimum atomic E-state index is -6.00. The first kappa shape index (κ1) is 13.8. The van der Waals surface area contributed by atoms with E-state index in [9.17, 15) is 21.7 Å². The Morgan fingerprint density at radius 1 is 1.20 bits per heavy atom. The van der Waals surface area contributed by atoms with E-state index in [2.05, 4.69) is 4.98 Å². The quantitative estimate of drug-likeness (QED) is 0.376. The molecule has 0 saturated heterocycles. The molecule has 1 aromatic heterocycles. The maximum absolute atomic E-state index is 12.7. The fraction of sp³-hybridized carbons (Fsp3) is 0.429. The van der Waals surface area contributed by atoms with E-state index in [1.807, 2.05) is 0 Å². The second kappa shape index (κ2) is 5.04. The largest absolute Gasteiger partial charge is 0.673 e. The van der Waals surface area contributed by atoms with E-state index in [1.165, 1.54) is 0 Å². The average Bonchev–Trinajstić information content (AvgIpc) is 1.96. The number of aromatic nitrogens is 2. The monoisotopic (exact) mass is 228 g/mol. The van der Waals surface area contributed by atoms with Gasteiger partial charge in [-0.05, 0) is 6.92 Å². The first-order valence-electron chi connectivity index (χ1n) is 3.98. The van der Waals surface area contributed by atoms with Gasteiger partial charge in [-0.15, -0.1) is 0 Å². The molecule has 2 nitrogen and oxygen atoms in total. The molecular weight excluding hydrogens is 218 g/mol. The van der Waals surface area contributed by atoms with Crippen LogP contribution in [0.25, 0.3) is 0 Å². The molecule has 1 aromatic rings. The first-order valence-corrected chi connectivity index (χ1v) is 3.98. The van der Waals surface area contributed by atoms with Gasteiger partial charge in [0.05, 0.1) is 0 Å². The zero-order valence-corrected chi connectivity index (χ0v) is 8.44. The van der Waals surface area contributed by atoms with Crippen molar-refractivity contribution in [2.24, 2.45) is 7.05 Å². The summed E-state index contributed by atoms with van der Waals surface area (Å²) in [6.07, 6.45) is 1.79. The van der Waals surface area contributed by atoms with Gasteiger partial charge in [-0.3, -0.25) is 0 Å². The maximum Gasteiger partial charge on any atom is 0.673 e. The molecule has 0 unspecified atom stereocenters. The summed E-state index contributed by atoms with van der Waals surface area (Å²) in [5.41, 5.74) is 1.26. The summed E-state index contributed by atoms with van der Waals surface area (Å²) in [5, 5.41) is 0. The number of nitrogens with zero attached hydrogens (tertiary/aromatic N) is 2. The molecule has 15 heavy (non-hydrogen) atoms. The Labute approximate surface area is 83.9 Å². The summed E-state index contributed by atoms with van der Waals surface area (Å²) in [7, 11) is -4.20. The summed E-state index contributed by atoms with van der Waals surface area (Å²) in [4.78, 5) is 3.65. The number of hydrogen-bond acceptors (Lipinski definition) is 1. The molecule has 0 spiro atoms. The predicted molar refractivity (Wildman–Crippen MR) is 45.0 cm³/mol. The molecule has 0 aliphatic rings. The van der Waals surface area contributed by atoms with E-state index in [1.54, 1.807) is 31.7 Å². The van der Waals surface area contributed by atoms with Crippen LogP contribution in [0.3, 0.4) is 0 Å². The van der Waals surface area contributed by atoms with Gasteiger partial charge >= 0.3 is 7.25 Å². The van der Waals surface area contributed by atoms with Crippen molar-refractivity contribution in [2.45, 2.75) is 13.8 Å². The van der Waals surface area contributed by atoms with Crippen LogP contribution < -0.4 is 4.57 Å². The summed E-state index contributed by atoms with van der Waals surface area (Å²) >= 11 is 0. The lowest BCUT2D eigenvalue weighted by Gasteiger charge is -1.94. The van der Waals surface area contributed by atoms with E-state index in [-0.39, 0.29) is 5.95 Å². The van der Waals surface area contributed by atoms with E-state index >= 15 is 0 Å². The molecule has 1 heterocycles. The Morgan fingerprint density at radius 2 is 1.60 bits per heavy atom. The molecule has 86 valence electrons. The van der Waals surface area contributed by atoms with E-state index < -0.39 is 7.25 Å². The van der Waals surface area contributed by atoms with E-state index in [0.717, 1.165) is 0 Å². The molecule has 0 fully saturated rings. The highest BCUT2D eigenvalue weighted by Gasteiger charge is 2.20. The number of aryl methyl sites for hydroxylation is 2. The van der Waals surface area contributed by atoms with Crippen molar-refractivity contribution >= 4 is 7.25 Å². The lowest BCUT2D eigenvalue weighted by Crippen LogP contribution is -2.33. The normalized spacial score (nSPS) is 10.7. The van der Waals surface area contributed by atoms with E-state index in [0.29, 0.717) is 11.4 Å². The van der Waals surface area contributed by atoms with Crippen LogP contribution in [0.4, 0.5) is 21.7 Å². The van der Waals surface area contributed by atoms with Gasteiger partial charge in [-0.25, -0.2) is 4.98 Å². The molecule has 8 heteroatoms. The molecular formula is C7H10BF5N2. The van der Waals surface area contributed by atoms with Gasteiger partial charge < -0.3 is 17.3 Å². The van der Waals surface area contributed by atoms with Crippen molar-refractivity contribution in [3.8, 4) is 0 Å². The Hall–Kier alpha value is -1.21. The van der Waals surface area contributed by atoms with E-state index in [4.69, 9.17) is 0 Å². The molecule has 0 aliphatic carbocycles. The van der Waals surface area contributed by atoms with Gasteiger partial charge in [0.2, 0.25) is 5.69 Å². The SMILES string of the molecule is Cc1c[n+](C)c(C)c(F)n1.F[B-](F)(F)F. The molecule has 0 N–H and O–H groups in total. The summed E-state index contributed by atoms with van der Waals surface area (Å²) in [6, 6.07) is 0. The lowest BCUT2D eigenvalue weighted by molar-refractivity contribution is -0.680. The molecule has 0 bridgehead atoms. The fourth-order valence-corrected chi connectivity index (χ4v) is 0.787. The second-order valence-corrected chi connectivity index (χ2v) is 2.86. The fourth-order valence-electron chi connectivity index (χ4n) is 0.787. The number of rotatable bonds is 0. The van der Waals surface area contributed by atoms with Crippen LogP contribution in [0.5, 0.6) is 0 Å². The summed E-state index contributed by atoms with van der Waals surface area (Å²) in [5.74, 6) is -0.387. The molecule has 0 amide bonds. The van der Waals surface area contributed by atoms with Crippen LogP contribution in [-0.2, 0) is 7.05 Å². The van der Waals surface area contributed by atoms with Crippen molar-refractivity contribution in [1.82, 2.24) is 4.98 Å². The topological polar surface area (TPSA) is 16.8 Å². The van der Waals surface area contributed by atoms with Gasteiger partial charge in [0.1, 0.15) is 12.7 Å².